The molecule has 0 radical (unpaired) electrons. The van der Waals surface area contributed by atoms with E-state index in [1.807, 2.05) is 84.9 Å². The third-order valence-electron chi connectivity index (χ3n) is 4.43. The highest BCUT2D eigenvalue weighted by atomic mass is 35.5. The molecule has 0 amide bonds. The SMILES string of the molecule is Clc1nc(Oc2ccc3ccccc3c2)nc(Oc2ccc3ccccc3c2)n1. The first-order chi connectivity index (χ1) is 14.2. The molecule has 5 rings (SSSR count). The fourth-order valence-electron chi connectivity index (χ4n) is 3.08. The minimum Gasteiger partial charge on any atom is -0.424 e. The third-order valence-corrected chi connectivity index (χ3v) is 4.60. The number of fused-ring (bicyclic) bond motifs is 2. The van der Waals surface area contributed by atoms with E-state index in [0.717, 1.165) is 21.5 Å². The molecule has 4 aromatic carbocycles. The number of benzene rings is 4. The van der Waals surface area contributed by atoms with Crippen molar-refractivity contribution >= 4 is 33.1 Å². The van der Waals surface area contributed by atoms with Gasteiger partial charge in [-0.3, -0.25) is 0 Å². The number of halogens is 1. The minimum atomic E-state index is -0.00780. The molecule has 29 heavy (non-hydrogen) atoms. The molecule has 0 spiro atoms. The third kappa shape index (κ3) is 3.81. The second-order valence-corrected chi connectivity index (χ2v) is 6.73. The summed E-state index contributed by atoms with van der Waals surface area (Å²) >= 11 is 6.05. The highest BCUT2D eigenvalue weighted by molar-refractivity contribution is 6.28. The van der Waals surface area contributed by atoms with Crippen LogP contribution in [0.5, 0.6) is 23.5 Å². The topological polar surface area (TPSA) is 57.1 Å². The van der Waals surface area contributed by atoms with Crippen LogP contribution >= 0.6 is 11.6 Å². The van der Waals surface area contributed by atoms with Gasteiger partial charge < -0.3 is 9.47 Å². The van der Waals surface area contributed by atoms with Crippen LogP contribution in [0.25, 0.3) is 21.5 Å². The lowest BCUT2D eigenvalue weighted by atomic mass is 10.1. The molecule has 6 heteroatoms. The van der Waals surface area contributed by atoms with E-state index in [4.69, 9.17) is 21.1 Å². The number of aromatic nitrogens is 3. The Morgan fingerprint density at radius 1 is 0.517 bits per heavy atom. The van der Waals surface area contributed by atoms with Crippen LogP contribution in [0.3, 0.4) is 0 Å². The Morgan fingerprint density at radius 2 is 0.966 bits per heavy atom. The molecule has 140 valence electrons. The Morgan fingerprint density at radius 3 is 1.45 bits per heavy atom. The zero-order valence-electron chi connectivity index (χ0n) is 15.1. The van der Waals surface area contributed by atoms with Crippen molar-refractivity contribution in [2.75, 3.05) is 0 Å². The lowest BCUT2D eigenvalue weighted by molar-refractivity contribution is 0.398. The summed E-state index contributed by atoms with van der Waals surface area (Å²) in [5, 5.41) is 4.34. The molecule has 0 unspecified atom stereocenters. The summed E-state index contributed by atoms with van der Waals surface area (Å²) in [5.41, 5.74) is 0. The standard InChI is InChI=1S/C23H14ClN3O2/c24-21-25-22(28-19-11-9-15-5-1-3-7-17(15)13-19)27-23(26-21)29-20-12-10-16-6-2-4-8-18(16)14-20/h1-14H. The average Bonchev–Trinajstić information content (AvgIpc) is 2.73. The molecule has 0 N–H and O–H groups in total. The van der Waals surface area contributed by atoms with Gasteiger partial charge in [0.25, 0.3) is 0 Å². The zero-order valence-corrected chi connectivity index (χ0v) is 15.9. The Labute approximate surface area is 171 Å². The molecule has 0 aliphatic heterocycles. The maximum atomic E-state index is 6.05. The molecule has 0 saturated heterocycles. The van der Waals surface area contributed by atoms with Crippen LogP contribution in [0, 0.1) is 0 Å². The van der Waals surface area contributed by atoms with E-state index in [2.05, 4.69) is 15.0 Å². The van der Waals surface area contributed by atoms with E-state index >= 15 is 0 Å². The van der Waals surface area contributed by atoms with Crippen molar-refractivity contribution in [3.63, 3.8) is 0 Å². The smallest absolute Gasteiger partial charge is 0.329 e. The van der Waals surface area contributed by atoms with Crippen molar-refractivity contribution in [3.8, 4) is 23.5 Å². The largest absolute Gasteiger partial charge is 0.424 e. The number of nitrogens with zero attached hydrogens (tertiary/aromatic N) is 3. The summed E-state index contributed by atoms with van der Waals surface area (Å²) < 4.78 is 11.6. The van der Waals surface area contributed by atoms with Crippen LogP contribution in [0.2, 0.25) is 5.28 Å². The van der Waals surface area contributed by atoms with Crippen molar-refractivity contribution in [1.82, 2.24) is 15.0 Å². The second kappa shape index (κ2) is 7.37. The Balaban J connectivity index is 1.42. The summed E-state index contributed by atoms with van der Waals surface area (Å²) in [6.45, 7) is 0. The Hall–Kier alpha value is -3.70. The number of hydrogen-bond donors (Lipinski definition) is 0. The highest BCUT2D eigenvalue weighted by Gasteiger charge is 2.10. The zero-order chi connectivity index (χ0) is 19.6. The molecule has 5 nitrogen and oxygen atoms in total. The maximum absolute atomic E-state index is 6.05. The lowest BCUT2D eigenvalue weighted by Gasteiger charge is -2.08. The highest BCUT2D eigenvalue weighted by Crippen LogP contribution is 2.27. The molecule has 0 aliphatic rings. The molecule has 0 atom stereocenters. The summed E-state index contributed by atoms with van der Waals surface area (Å²) in [6.07, 6.45) is 0. The van der Waals surface area contributed by atoms with Crippen LogP contribution in [0.1, 0.15) is 0 Å². The Bertz CT molecular complexity index is 1240. The summed E-state index contributed by atoms with van der Waals surface area (Å²) in [7, 11) is 0. The van der Waals surface area contributed by atoms with Gasteiger partial charge in [0, 0.05) is 0 Å². The van der Waals surface area contributed by atoms with E-state index in [1.165, 1.54) is 0 Å². The van der Waals surface area contributed by atoms with Crippen molar-refractivity contribution in [2.45, 2.75) is 0 Å². The van der Waals surface area contributed by atoms with Gasteiger partial charge in [0.05, 0.1) is 0 Å². The maximum Gasteiger partial charge on any atom is 0.329 e. The molecule has 0 fully saturated rings. The van der Waals surface area contributed by atoms with Crippen LogP contribution in [-0.2, 0) is 0 Å². The van der Waals surface area contributed by atoms with Gasteiger partial charge in [-0.2, -0.15) is 9.97 Å². The van der Waals surface area contributed by atoms with Gasteiger partial charge >= 0.3 is 12.0 Å². The fraction of sp³-hybridized carbons (Fsp3) is 0. The first kappa shape index (κ1) is 17.4. The van der Waals surface area contributed by atoms with Gasteiger partial charge in [0.1, 0.15) is 11.5 Å². The van der Waals surface area contributed by atoms with Crippen LogP contribution in [0.15, 0.2) is 84.9 Å². The molecule has 0 bridgehead atoms. The number of ether oxygens (including phenoxy) is 2. The first-order valence-corrected chi connectivity index (χ1v) is 9.36. The predicted octanol–water partition coefficient (Wildman–Crippen LogP) is 6.42. The lowest BCUT2D eigenvalue weighted by Crippen LogP contribution is -1.98. The number of rotatable bonds is 4. The molecule has 5 aromatic rings. The number of hydrogen-bond acceptors (Lipinski definition) is 5. The van der Waals surface area contributed by atoms with Crippen molar-refractivity contribution in [3.05, 3.63) is 90.2 Å². The van der Waals surface area contributed by atoms with Crippen LogP contribution < -0.4 is 9.47 Å². The molecular formula is C23H14ClN3O2. The van der Waals surface area contributed by atoms with Gasteiger partial charge in [0.15, 0.2) is 0 Å². The van der Waals surface area contributed by atoms with Gasteiger partial charge in [0.2, 0.25) is 5.28 Å². The molecule has 1 aromatic heterocycles. The van der Waals surface area contributed by atoms with E-state index in [1.54, 1.807) is 0 Å². The average molecular weight is 400 g/mol. The van der Waals surface area contributed by atoms with Gasteiger partial charge in [-0.05, 0) is 57.4 Å². The van der Waals surface area contributed by atoms with E-state index in [9.17, 15) is 0 Å². The normalized spacial score (nSPS) is 10.9. The fourth-order valence-corrected chi connectivity index (χ4v) is 3.22. The second-order valence-electron chi connectivity index (χ2n) is 6.39. The predicted molar refractivity (Wildman–Crippen MR) is 113 cm³/mol. The summed E-state index contributed by atoms with van der Waals surface area (Å²) in [4.78, 5) is 12.3. The van der Waals surface area contributed by atoms with Crippen molar-refractivity contribution in [1.29, 1.82) is 0 Å². The van der Waals surface area contributed by atoms with Crippen molar-refractivity contribution < 1.29 is 9.47 Å². The Kier molecular flexibility index (Phi) is 4.42. The monoisotopic (exact) mass is 399 g/mol. The molecule has 0 saturated carbocycles. The molecule has 0 aliphatic carbocycles. The van der Waals surface area contributed by atoms with E-state index in [-0.39, 0.29) is 17.3 Å². The quantitative estimate of drug-likeness (QED) is 0.349. The summed E-state index contributed by atoms with van der Waals surface area (Å²) in [5.74, 6) is 1.20. The minimum absolute atomic E-state index is 0.00780. The summed E-state index contributed by atoms with van der Waals surface area (Å²) in [6, 6.07) is 27.6. The van der Waals surface area contributed by atoms with E-state index < -0.39 is 0 Å². The molecule has 1 heterocycles. The van der Waals surface area contributed by atoms with Gasteiger partial charge in [-0.15, -0.1) is 4.98 Å². The molecular weight excluding hydrogens is 386 g/mol. The van der Waals surface area contributed by atoms with Gasteiger partial charge in [-0.25, -0.2) is 0 Å². The van der Waals surface area contributed by atoms with E-state index in [0.29, 0.717) is 11.5 Å². The van der Waals surface area contributed by atoms with Gasteiger partial charge in [-0.1, -0.05) is 60.7 Å². The van der Waals surface area contributed by atoms with Crippen LogP contribution in [0.4, 0.5) is 0 Å². The van der Waals surface area contributed by atoms with Crippen molar-refractivity contribution in [2.24, 2.45) is 0 Å². The van der Waals surface area contributed by atoms with Crippen LogP contribution in [-0.4, -0.2) is 15.0 Å². The first-order valence-electron chi connectivity index (χ1n) is 8.98.